The third kappa shape index (κ3) is 5.93. The van der Waals surface area contributed by atoms with Crippen molar-refractivity contribution in [2.45, 2.75) is 33.7 Å². The predicted molar refractivity (Wildman–Crippen MR) is 148 cm³/mol. The molecule has 1 fully saturated rings. The second kappa shape index (κ2) is 11.9. The van der Waals surface area contributed by atoms with Crippen LogP contribution in [0.2, 0.25) is 0 Å². The second-order valence-electron chi connectivity index (χ2n) is 9.79. The van der Waals surface area contributed by atoms with E-state index in [1.54, 1.807) is 22.8 Å². The molecular formula is C29H31BrN4O4. The molecule has 4 rings (SSSR count). The molecule has 1 saturated heterocycles. The average molecular weight is 579 g/mol. The molecule has 1 aliphatic heterocycles. The maximum atomic E-state index is 13.9. The number of halogens is 1. The second-order valence-corrected chi connectivity index (χ2v) is 10.6. The van der Waals surface area contributed by atoms with Crippen molar-refractivity contribution in [3.05, 3.63) is 81.6 Å². The van der Waals surface area contributed by atoms with Crippen molar-refractivity contribution in [1.82, 2.24) is 19.8 Å². The van der Waals surface area contributed by atoms with E-state index in [0.29, 0.717) is 36.7 Å². The van der Waals surface area contributed by atoms with Crippen LogP contribution in [-0.4, -0.2) is 69.8 Å². The summed E-state index contributed by atoms with van der Waals surface area (Å²) in [5, 5.41) is 0. The molecular weight excluding hydrogens is 548 g/mol. The molecule has 2 amide bonds. The highest BCUT2D eigenvalue weighted by Crippen LogP contribution is 2.24. The van der Waals surface area contributed by atoms with E-state index < -0.39 is 5.97 Å². The summed E-state index contributed by atoms with van der Waals surface area (Å²) < 4.78 is 6.20. The number of hydrogen-bond donors (Lipinski definition) is 0. The fourth-order valence-electron chi connectivity index (χ4n) is 4.39. The minimum Gasteiger partial charge on any atom is -0.462 e. The van der Waals surface area contributed by atoms with Crippen LogP contribution in [0.25, 0.3) is 11.4 Å². The quantitative estimate of drug-likeness (QED) is 0.381. The van der Waals surface area contributed by atoms with E-state index in [0.717, 1.165) is 10.0 Å². The molecule has 1 aromatic heterocycles. The Kier molecular flexibility index (Phi) is 8.56. The number of amides is 2. The van der Waals surface area contributed by atoms with Crippen LogP contribution < -0.4 is 0 Å². The molecule has 8 nitrogen and oxygen atoms in total. The Morgan fingerprint density at radius 2 is 1.68 bits per heavy atom. The van der Waals surface area contributed by atoms with E-state index >= 15 is 0 Å². The van der Waals surface area contributed by atoms with Crippen LogP contribution in [0.5, 0.6) is 0 Å². The van der Waals surface area contributed by atoms with Crippen LogP contribution in [0.4, 0.5) is 0 Å². The molecule has 198 valence electrons. The molecule has 0 spiro atoms. The van der Waals surface area contributed by atoms with E-state index in [4.69, 9.17) is 4.74 Å². The zero-order valence-corrected chi connectivity index (χ0v) is 23.6. The van der Waals surface area contributed by atoms with Gasteiger partial charge in [-0.05, 0) is 47.8 Å². The van der Waals surface area contributed by atoms with E-state index in [1.165, 1.54) is 0 Å². The average Bonchev–Trinajstić information content (AvgIpc) is 2.91. The molecule has 0 saturated carbocycles. The number of aryl methyl sites for hydroxylation is 1. The minimum absolute atomic E-state index is 0.0166. The summed E-state index contributed by atoms with van der Waals surface area (Å²) in [4.78, 5) is 52.7. The number of ether oxygens (including phenoxy) is 1. The number of carbonyl (C=O) groups is 3. The van der Waals surface area contributed by atoms with Crippen molar-refractivity contribution in [2.75, 3.05) is 26.2 Å². The molecule has 0 N–H and O–H groups in total. The minimum atomic E-state index is -0.616. The number of rotatable bonds is 6. The highest BCUT2D eigenvalue weighted by molar-refractivity contribution is 9.10. The normalized spacial score (nSPS) is 15.5. The summed E-state index contributed by atoms with van der Waals surface area (Å²) in [6.07, 6.45) is 0. The van der Waals surface area contributed by atoms with Crippen molar-refractivity contribution in [1.29, 1.82) is 0 Å². The molecule has 1 unspecified atom stereocenters. The monoisotopic (exact) mass is 578 g/mol. The van der Waals surface area contributed by atoms with Gasteiger partial charge in [0.05, 0.1) is 17.9 Å². The van der Waals surface area contributed by atoms with Crippen LogP contribution in [-0.2, 0) is 4.74 Å². The smallest absolute Gasteiger partial charge is 0.342 e. The van der Waals surface area contributed by atoms with Gasteiger partial charge in [0, 0.05) is 35.7 Å². The van der Waals surface area contributed by atoms with Crippen molar-refractivity contribution >= 4 is 33.7 Å². The molecule has 0 bridgehead atoms. The number of aromatic nitrogens is 2. The molecule has 3 aromatic rings. The van der Waals surface area contributed by atoms with Gasteiger partial charge >= 0.3 is 5.97 Å². The van der Waals surface area contributed by atoms with E-state index in [1.807, 2.05) is 69.3 Å². The number of hydrogen-bond acceptors (Lipinski definition) is 6. The molecule has 1 atom stereocenters. The Morgan fingerprint density at radius 1 is 1.00 bits per heavy atom. The molecule has 2 heterocycles. The third-order valence-electron chi connectivity index (χ3n) is 6.36. The predicted octanol–water partition coefficient (Wildman–Crippen LogP) is 5.01. The first kappa shape index (κ1) is 27.4. The van der Waals surface area contributed by atoms with Gasteiger partial charge in [-0.15, -0.1) is 0 Å². The van der Waals surface area contributed by atoms with Crippen molar-refractivity contribution in [3.8, 4) is 11.4 Å². The Labute approximate surface area is 231 Å². The lowest BCUT2D eigenvalue weighted by Crippen LogP contribution is -2.55. The Bertz CT molecular complexity index is 1350. The largest absolute Gasteiger partial charge is 0.462 e. The van der Waals surface area contributed by atoms with Crippen LogP contribution in [0.1, 0.15) is 57.7 Å². The van der Waals surface area contributed by atoms with E-state index in [-0.39, 0.29) is 41.6 Å². The Balaban J connectivity index is 1.63. The molecule has 0 aliphatic carbocycles. The van der Waals surface area contributed by atoms with Crippen molar-refractivity contribution < 1.29 is 19.1 Å². The van der Waals surface area contributed by atoms with Gasteiger partial charge in [-0.2, -0.15) is 0 Å². The topological polar surface area (TPSA) is 92.7 Å². The fraction of sp³-hybridized carbons (Fsp3) is 0.345. The van der Waals surface area contributed by atoms with Crippen molar-refractivity contribution in [2.24, 2.45) is 5.92 Å². The summed E-state index contributed by atoms with van der Waals surface area (Å²) in [6, 6.07) is 16.4. The van der Waals surface area contributed by atoms with E-state index in [2.05, 4.69) is 25.9 Å². The summed E-state index contributed by atoms with van der Waals surface area (Å²) >= 11 is 3.45. The standard InChI is InChI=1S/C29H31BrN4O4/c1-18(2)17-38-29(37)24-20(4)31-26(21-10-6-5-7-11-21)32-25(24)28(36)33-14-15-34(19(3)16-33)27(35)22-12-8-9-13-23(22)30/h5-13,18-19H,14-17H2,1-4H3. The SMILES string of the molecule is Cc1nc(-c2ccccc2)nc(C(=O)N2CCN(C(=O)c3ccccc3Br)C(C)C2)c1C(=O)OCC(C)C. The van der Waals surface area contributed by atoms with E-state index in [9.17, 15) is 14.4 Å². The molecule has 1 aliphatic rings. The van der Waals surface area contributed by atoms with Gasteiger partial charge in [-0.3, -0.25) is 9.59 Å². The van der Waals surface area contributed by atoms with Gasteiger partial charge < -0.3 is 14.5 Å². The van der Waals surface area contributed by atoms with Gasteiger partial charge in [0.25, 0.3) is 11.8 Å². The van der Waals surface area contributed by atoms with Crippen molar-refractivity contribution in [3.63, 3.8) is 0 Å². The maximum absolute atomic E-state index is 13.9. The van der Waals surface area contributed by atoms with Gasteiger partial charge in [-0.25, -0.2) is 14.8 Å². The van der Waals surface area contributed by atoms with Gasteiger partial charge in [0.15, 0.2) is 5.82 Å². The molecule has 38 heavy (non-hydrogen) atoms. The first-order chi connectivity index (χ1) is 18.2. The summed E-state index contributed by atoms with van der Waals surface area (Å²) in [6.45, 7) is 8.67. The zero-order chi connectivity index (χ0) is 27.4. The summed E-state index contributed by atoms with van der Waals surface area (Å²) in [5.74, 6) is -0.597. The fourth-order valence-corrected chi connectivity index (χ4v) is 4.84. The van der Waals surface area contributed by atoms with Crippen LogP contribution in [0.15, 0.2) is 59.1 Å². The van der Waals surface area contributed by atoms with Gasteiger partial charge in [-0.1, -0.05) is 56.3 Å². The molecule has 2 aromatic carbocycles. The van der Waals surface area contributed by atoms with Crippen LogP contribution >= 0.6 is 15.9 Å². The Hall–Kier alpha value is -3.59. The highest BCUT2D eigenvalue weighted by Gasteiger charge is 2.34. The van der Waals surface area contributed by atoms with Gasteiger partial charge in [0.1, 0.15) is 11.3 Å². The molecule has 0 radical (unpaired) electrons. The van der Waals surface area contributed by atoms with Crippen LogP contribution in [0, 0.1) is 12.8 Å². The summed E-state index contributed by atoms with van der Waals surface area (Å²) in [5.41, 5.74) is 1.79. The van der Waals surface area contributed by atoms with Crippen LogP contribution in [0.3, 0.4) is 0 Å². The highest BCUT2D eigenvalue weighted by atomic mass is 79.9. The summed E-state index contributed by atoms with van der Waals surface area (Å²) in [7, 11) is 0. The lowest BCUT2D eigenvalue weighted by atomic mass is 10.1. The first-order valence-corrected chi connectivity index (χ1v) is 13.4. The first-order valence-electron chi connectivity index (χ1n) is 12.6. The Morgan fingerprint density at radius 3 is 2.34 bits per heavy atom. The maximum Gasteiger partial charge on any atom is 0.342 e. The number of esters is 1. The van der Waals surface area contributed by atoms with Gasteiger partial charge in [0.2, 0.25) is 0 Å². The number of benzene rings is 2. The lowest BCUT2D eigenvalue weighted by molar-refractivity contribution is 0.0399. The number of carbonyl (C=O) groups excluding carboxylic acids is 3. The number of nitrogens with zero attached hydrogens (tertiary/aromatic N) is 4. The number of piperazine rings is 1. The zero-order valence-electron chi connectivity index (χ0n) is 22.0. The molecule has 9 heteroatoms. The third-order valence-corrected chi connectivity index (χ3v) is 7.05. The lowest BCUT2D eigenvalue weighted by Gasteiger charge is -2.40.